The molecule has 3 aromatic rings. The smallest absolute Gasteiger partial charge is 0.288 e. The number of pyridine rings is 1. The molecule has 24 heavy (non-hydrogen) atoms. The van der Waals surface area contributed by atoms with Crippen molar-refractivity contribution in [3.8, 4) is 0 Å². The van der Waals surface area contributed by atoms with Gasteiger partial charge in [-0.25, -0.2) is 4.98 Å². The van der Waals surface area contributed by atoms with Gasteiger partial charge in [-0.1, -0.05) is 22.9 Å². The number of nitrogens with one attached hydrogen (secondary N) is 1. The Kier molecular flexibility index (Phi) is 4.16. The second-order valence-electron chi connectivity index (χ2n) is 5.13. The van der Waals surface area contributed by atoms with Crippen molar-refractivity contribution >= 4 is 50.0 Å². The lowest BCUT2D eigenvalue weighted by Crippen LogP contribution is -2.12. The average molecular weight is 363 g/mol. The average Bonchev–Trinajstić information content (AvgIpc) is 2.89. The first-order valence-electron chi connectivity index (χ1n) is 6.85. The number of halogens is 1. The monoisotopic (exact) mass is 362 g/mol. The maximum absolute atomic E-state index is 12.3. The van der Waals surface area contributed by atoms with Crippen LogP contribution in [0, 0.1) is 24.0 Å². The van der Waals surface area contributed by atoms with Crippen molar-refractivity contribution < 1.29 is 9.72 Å². The number of thiazole rings is 1. The highest BCUT2D eigenvalue weighted by molar-refractivity contribution is 7.22. The van der Waals surface area contributed by atoms with Crippen molar-refractivity contribution in [1.29, 1.82) is 0 Å². The Morgan fingerprint density at radius 2 is 2.04 bits per heavy atom. The number of aryl methyl sites for hydroxylation is 2. The molecule has 0 aliphatic rings. The SMILES string of the molecule is Cc1cc(C)c2sc(NC(=O)c3ccc(Cl)c([N+](=O)[O-])c3)nc2n1. The van der Waals surface area contributed by atoms with E-state index in [1.165, 1.54) is 23.5 Å². The first-order valence-corrected chi connectivity index (χ1v) is 8.04. The van der Waals surface area contributed by atoms with E-state index in [1.807, 2.05) is 19.9 Å². The molecular weight excluding hydrogens is 352 g/mol. The molecule has 1 aromatic carbocycles. The molecule has 0 spiro atoms. The quantitative estimate of drug-likeness (QED) is 0.558. The standard InChI is InChI=1S/C15H11ClN4O3S/c1-7-5-8(2)17-13-12(7)24-15(18-13)19-14(21)9-3-4-10(16)11(6-9)20(22)23/h3-6H,1-2H3,(H,17,18,19,21). The summed E-state index contributed by atoms with van der Waals surface area (Å²) >= 11 is 7.05. The first kappa shape index (κ1) is 16.3. The highest BCUT2D eigenvalue weighted by Gasteiger charge is 2.18. The molecule has 0 radical (unpaired) electrons. The molecule has 0 atom stereocenters. The zero-order valence-corrected chi connectivity index (χ0v) is 14.2. The zero-order valence-electron chi connectivity index (χ0n) is 12.7. The van der Waals surface area contributed by atoms with Crippen molar-refractivity contribution in [1.82, 2.24) is 9.97 Å². The fourth-order valence-electron chi connectivity index (χ4n) is 2.24. The fraction of sp³-hybridized carbons (Fsp3) is 0.133. The summed E-state index contributed by atoms with van der Waals surface area (Å²) in [6.45, 7) is 3.82. The van der Waals surface area contributed by atoms with Crippen molar-refractivity contribution in [2.45, 2.75) is 13.8 Å². The lowest BCUT2D eigenvalue weighted by molar-refractivity contribution is -0.384. The maximum Gasteiger partial charge on any atom is 0.288 e. The number of hydrogen-bond donors (Lipinski definition) is 1. The number of amides is 1. The van der Waals surface area contributed by atoms with Gasteiger partial charge in [0.25, 0.3) is 11.6 Å². The van der Waals surface area contributed by atoms with E-state index in [9.17, 15) is 14.9 Å². The summed E-state index contributed by atoms with van der Waals surface area (Å²) in [6.07, 6.45) is 0. The van der Waals surface area contributed by atoms with Gasteiger partial charge in [0, 0.05) is 17.3 Å². The number of carbonyl (C=O) groups excluding carboxylic acids is 1. The lowest BCUT2D eigenvalue weighted by atomic mass is 10.2. The molecule has 0 unspecified atom stereocenters. The predicted molar refractivity (Wildman–Crippen MR) is 92.9 cm³/mol. The minimum atomic E-state index is -0.632. The number of benzene rings is 1. The molecule has 2 aromatic heterocycles. The van der Waals surface area contributed by atoms with E-state index in [0.29, 0.717) is 10.8 Å². The molecule has 0 fully saturated rings. The van der Waals surface area contributed by atoms with E-state index in [-0.39, 0.29) is 16.3 Å². The maximum atomic E-state index is 12.3. The van der Waals surface area contributed by atoms with Crippen LogP contribution in [0.3, 0.4) is 0 Å². The molecule has 0 aliphatic carbocycles. The Hall–Kier alpha value is -2.58. The zero-order chi connectivity index (χ0) is 17.4. The van der Waals surface area contributed by atoms with Crippen molar-refractivity contribution in [3.63, 3.8) is 0 Å². The fourth-order valence-corrected chi connectivity index (χ4v) is 3.30. The van der Waals surface area contributed by atoms with Crippen molar-refractivity contribution in [2.24, 2.45) is 0 Å². The lowest BCUT2D eigenvalue weighted by Gasteiger charge is -2.02. The van der Waals surface area contributed by atoms with E-state index in [0.717, 1.165) is 22.0 Å². The topological polar surface area (TPSA) is 98.0 Å². The summed E-state index contributed by atoms with van der Waals surface area (Å²) in [7, 11) is 0. The van der Waals surface area contributed by atoms with Gasteiger partial charge in [0.05, 0.1) is 9.62 Å². The van der Waals surface area contributed by atoms with Crippen LogP contribution in [0.5, 0.6) is 0 Å². The Bertz CT molecular complexity index is 986. The van der Waals surface area contributed by atoms with Crippen LogP contribution in [-0.4, -0.2) is 20.8 Å². The number of fused-ring (bicyclic) bond motifs is 1. The summed E-state index contributed by atoms with van der Waals surface area (Å²) in [5, 5.41) is 13.9. The largest absolute Gasteiger partial charge is 0.298 e. The number of nitro benzene ring substituents is 1. The summed E-state index contributed by atoms with van der Waals surface area (Å²) in [5.74, 6) is -0.497. The van der Waals surface area contributed by atoms with E-state index in [4.69, 9.17) is 11.6 Å². The van der Waals surface area contributed by atoms with Crippen LogP contribution in [0.2, 0.25) is 5.02 Å². The molecule has 0 saturated heterocycles. The van der Waals surface area contributed by atoms with Gasteiger partial charge >= 0.3 is 0 Å². The summed E-state index contributed by atoms with van der Waals surface area (Å²) in [5.41, 5.74) is 2.25. The molecule has 9 heteroatoms. The van der Waals surface area contributed by atoms with Crippen LogP contribution in [0.1, 0.15) is 21.6 Å². The second kappa shape index (κ2) is 6.14. The molecule has 0 saturated carbocycles. The van der Waals surface area contributed by atoms with Gasteiger partial charge in [0.2, 0.25) is 0 Å². The van der Waals surface area contributed by atoms with Gasteiger partial charge in [-0.15, -0.1) is 0 Å². The number of nitrogens with zero attached hydrogens (tertiary/aromatic N) is 3. The Morgan fingerprint density at radius 3 is 2.75 bits per heavy atom. The number of aromatic nitrogens is 2. The van der Waals surface area contributed by atoms with Gasteiger partial charge < -0.3 is 0 Å². The van der Waals surface area contributed by atoms with Crippen LogP contribution in [0.25, 0.3) is 10.3 Å². The summed E-state index contributed by atoms with van der Waals surface area (Å²) in [6, 6.07) is 5.82. The third-order valence-electron chi connectivity index (χ3n) is 3.30. The summed E-state index contributed by atoms with van der Waals surface area (Å²) < 4.78 is 0.887. The van der Waals surface area contributed by atoms with E-state index >= 15 is 0 Å². The molecule has 0 aliphatic heterocycles. The number of hydrogen-bond acceptors (Lipinski definition) is 6. The highest BCUT2D eigenvalue weighted by Crippen LogP contribution is 2.29. The predicted octanol–water partition coefficient (Wildman–Crippen LogP) is 4.12. The molecule has 122 valence electrons. The van der Waals surface area contributed by atoms with Crippen LogP contribution < -0.4 is 5.32 Å². The molecule has 0 bridgehead atoms. The summed E-state index contributed by atoms with van der Waals surface area (Å²) in [4.78, 5) is 31.2. The van der Waals surface area contributed by atoms with Crippen LogP contribution >= 0.6 is 22.9 Å². The molecule has 1 N–H and O–H groups in total. The Morgan fingerprint density at radius 1 is 1.29 bits per heavy atom. The van der Waals surface area contributed by atoms with Crippen molar-refractivity contribution in [2.75, 3.05) is 5.32 Å². The van der Waals surface area contributed by atoms with E-state index in [2.05, 4.69) is 15.3 Å². The molecule has 7 nitrogen and oxygen atoms in total. The van der Waals surface area contributed by atoms with Crippen LogP contribution in [0.15, 0.2) is 24.3 Å². The number of nitro groups is 1. The molecule has 1 amide bonds. The third kappa shape index (κ3) is 3.06. The van der Waals surface area contributed by atoms with E-state index < -0.39 is 10.8 Å². The Labute approximate surface area is 145 Å². The van der Waals surface area contributed by atoms with Gasteiger partial charge in [0.15, 0.2) is 10.8 Å². The number of rotatable bonds is 3. The van der Waals surface area contributed by atoms with Crippen molar-refractivity contribution in [3.05, 3.63) is 56.2 Å². The molecule has 3 rings (SSSR count). The van der Waals surface area contributed by atoms with Crippen LogP contribution in [0.4, 0.5) is 10.8 Å². The number of carbonyl (C=O) groups is 1. The van der Waals surface area contributed by atoms with Crippen LogP contribution in [-0.2, 0) is 0 Å². The minimum Gasteiger partial charge on any atom is -0.298 e. The second-order valence-corrected chi connectivity index (χ2v) is 6.54. The first-order chi connectivity index (χ1) is 11.3. The van der Waals surface area contributed by atoms with Gasteiger partial charge in [-0.2, -0.15) is 4.98 Å². The van der Waals surface area contributed by atoms with Gasteiger partial charge in [0.1, 0.15) is 5.02 Å². The molecule has 2 heterocycles. The van der Waals surface area contributed by atoms with Gasteiger partial charge in [-0.05, 0) is 37.6 Å². The minimum absolute atomic E-state index is 0.0214. The highest BCUT2D eigenvalue weighted by atomic mass is 35.5. The van der Waals surface area contributed by atoms with E-state index in [1.54, 1.807) is 0 Å². The Balaban J connectivity index is 1.91. The molecular formula is C15H11ClN4O3S. The third-order valence-corrected chi connectivity index (χ3v) is 4.72. The van der Waals surface area contributed by atoms with Gasteiger partial charge in [-0.3, -0.25) is 20.2 Å². The number of anilines is 1. The normalized spacial score (nSPS) is 10.8.